The van der Waals surface area contributed by atoms with Gasteiger partial charge in [0, 0.05) is 31.0 Å². The summed E-state index contributed by atoms with van der Waals surface area (Å²) in [6, 6.07) is 11.7. The number of benzene rings is 2. The summed E-state index contributed by atoms with van der Waals surface area (Å²) in [4.78, 5) is 13.2. The minimum Gasteiger partial charge on any atom is -0.508 e. The molecule has 0 aliphatic carbocycles. The summed E-state index contributed by atoms with van der Waals surface area (Å²) in [6.45, 7) is 4.37. The molecule has 150 valence electrons. The lowest BCUT2D eigenvalue weighted by Gasteiger charge is -2.29. The molecule has 1 aliphatic rings. The summed E-state index contributed by atoms with van der Waals surface area (Å²) in [5.74, 6) is -0.846. The van der Waals surface area contributed by atoms with Gasteiger partial charge in [0.2, 0.25) is 0 Å². The summed E-state index contributed by atoms with van der Waals surface area (Å²) in [5, 5.41) is 13.1. The van der Waals surface area contributed by atoms with Gasteiger partial charge in [0.1, 0.15) is 17.3 Å². The second-order valence-electron chi connectivity index (χ2n) is 7.25. The molecule has 1 unspecified atom stereocenters. The number of aliphatic hydroxyl groups is 1. The monoisotopic (exact) mass is 414 g/mol. The van der Waals surface area contributed by atoms with Gasteiger partial charge in [-0.3, -0.25) is 4.79 Å². The van der Waals surface area contributed by atoms with E-state index in [4.69, 9.17) is 16.3 Å². The molecule has 1 saturated heterocycles. The van der Waals surface area contributed by atoms with Crippen LogP contribution in [0.15, 0.2) is 49.0 Å². The molecular weight excluding hydrogens is 395 g/mol. The Labute approximate surface area is 172 Å². The number of nitrogens with zero attached hydrogens (tertiary/aromatic N) is 1. The summed E-state index contributed by atoms with van der Waals surface area (Å²) >= 11 is 6.08. The lowest BCUT2D eigenvalue weighted by Crippen LogP contribution is -2.47. The largest absolute Gasteiger partial charge is 0.508 e. The maximum Gasteiger partial charge on any atom is 0.268 e. The summed E-state index contributed by atoms with van der Waals surface area (Å²) in [7, 11) is 1.74. The van der Waals surface area contributed by atoms with Gasteiger partial charge in [0.25, 0.3) is 5.91 Å². The normalized spacial score (nSPS) is 18.9. The van der Waals surface area contributed by atoms with Crippen LogP contribution in [0.4, 0.5) is 4.39 Å². The zero-order chi connectivity index (χ0) is 20.8. The van der Waals surface area contributed by atoms with E-state index in [0.717, 1.165) is 5.56 Å². The average Bonchev–Trinajstić information content (AvgIpc) is 3.31. The van der Waals surface area contributed by atoms with Gasteiger partial charge in [-0.1, -0.05) is 42.4 Å². The first-order valence-electron chi connectivity index (χ1n) is 9.15. The summed E-state index contributed by atoms with van der Waals surface area (Å²) in [6.07, 6.45) is 0.609. The molecule has 2 heterocycles. The molecule has 4 rings (SSSR count). The van der Waals surface area contributed by atoms with E-state index in [1.807, 2.05) is 12.1 Å². The zero-order valence-electron chi connectivity index (χ0n) is 15.8. The van der Waals surface area contributed by atoms with Crippen LogP contribution in [0.2, 0.25) is 5.02 Å². The number of nitrogens with one attached hydrogen (secondary N) is 1. The number of aryl methyl sites for hydroxylation is 1. The molecule has 1 amide bonds. The van der Waals surface area contributed by atoms with Crippen molar-refractivity contribution in [1.29, 1.82) is 0 Å². The van der Waals surface area contributed by atoms with Crippen LogP contribution in [-0.2, 0) is 17.3 Å². The van der Waals surface area contributed by atoms with Crippen LogP contribution in [0.3, 0.4) is 0 Å². The fourth-order valence-electron chi connectivity index (χ4n) is 3.79. The van der Waals surface area contributed by atoms with E-state index < -0.39 is 11.4 Å². The molecule has 0 spiro atoms. The smallest absolute Gasteiger partial charge is 0.268 e. The van der Waals surface area contributed by atoms with E-state index >= 15 is 0 Å². The fraction of sp³-hybridized carbons (Fsp3) is 0.227. The molecule has 29 heavy (non-hydrogen) atoms. The number of hydrogen-bond acceptors (Lipinski definition) is 3. The Morgan fingerprint density at radius 3 is 2.66 bits per heavy atom. The van der Waals surface area contributed by atoms with Crippen LogP contribution >= 0.6 is 11.6 Å². The van der Waals surface area contributed by atoms with Crippen molar-refractivity contribution in [3.8, 4) is 0 Å². The number of amides is 1. The third-order valence-corrected chi connectivity index (χ3v) is 5.88. The molecule has 1 fully saturated rings. The molecule has 0 bridgehead atoms. The number of aliphatic hydroxyl groups excluding tert-OH is 1. The SMILES string of the molecule is C=C(O)c1ccc(C2(NC(=O)c3cc4c(Cl)c(F)ccc4n3C)CCOC2)cc1. The van der Waals surface area contributed by atoms with E-state index in [2.05, 4.69) is 11.9 Å². The fourth-order valence-corrected chi connectivity index (χ4v) is 4.01. The maximum atomic E-state index is 13.8. The van der Waals surface area contributed by atoms with Gasteiger partial charge in [-0.15, -0.1) is 0 Å². The minimum atomic E-state index is -0.697. The van der Waals surface area contributed by atoms with Crippen molar-refractivity contribution in [2.75, 3.05) is 13.2 Å². The molecule has 1 aromatic heterocycles. The van der Waals surface area contributed by atoms with Gasteiger partial charge in [0.05, 0.1) is 22.7 Å². The quantitative estimate of drug-likeness (QED) is 0.616. The Bertz CT molecular complexity index is 1120. The molecule has 0 radical (unpaired) electrons. The highest BCUT2D eigenvalue weighted by Crippen LogP contribution is 2.33. The van der Waals surface area contributed by atoms with Crippen LogP contribution in [-0.4, -0.2) is 28.8 Å². The van der Waals surface area contributed by atoms with Gasteiger partial charge >= 0.3 is 0 Å². The molecule has 1 atom stereocenters. The van der Waals surface area contributed by atoms with E-state index in [1.165, 1.54) is 6.07 Å². The maximum absolute atomic E-state index is 13.8. The second kappa shape index (κ2) is 7.21. The first-order chi connectivity index (χ1) is 13.8. The van der Waals surface area contributed by atoms with Crippen molar-refractivity contribution >= 4 is 34.2 Å². The van der Waals surface area contributed by atoms with Crippen LogP contribution in [0.5, 0.6) is 0 Å². The van der Waals surface area contributed by atoms with E-state index in [0.29, 0.717) is 41.8 Å². The Kier molecular flexibility index (Phi) is 4.84. The molecular formula is C22H20ClFN2O3. The number of carbonyl (C=O) groups excluding carboxylic acids is 1. The number of fused-ring (bicyclic) bond motifs is 1. The third-order valence-electron chi connectivity index (χ3n) is 5.49. The van der Waals surface area contributed by atoms with Gasteiger partial charge in [0.15, 0.2) is 0 Å². The second-order valence-corrected chi connectivity index (χ2v) is 7.62. The van der Waals surface area contributed by atoms with Crippen molar-refractivity contribution in [2.24, 2.45) is 7.05 Å². The van der Waals surface area contributed by atoms with Crippen molar-refractivity contribution < 1.29 is 19.0 Å². The van der Waals surface area contributed by atoms with Crippen molar-refractivity contribution in [1.82, 2.24) is 9.88 Å². The number of ether oxygens (including phenoxy) is 1. The number of aromatic nitrogens is 1. The third kappa shape index (κ3) is 3.28. The van der Waals surface area contributed by atoms with E-state index in [-0.39, 0.29) is 16.7 Å². The number of halogens is 2. The minimum absolute atomic E-state index is 0.00381. The van der Waals surface area contributed by atoms with E-state index in [9.17, 15) is 14.3 Å². The lowest BCUT2D eigenvalue weighted by molar-refractivity contribution is 0.0868. The molecule has 5 nitrogen and oxygen atoms in total. The summed E-state index contributed by atoms with van der Waals surface area (Å²) < 4.78 is 21.1. The topological polar surface area (TPSA) is 63.5 Å². The Morgan fingerprint density at radius 1 is 1.31 bits per heavy atom. The Hall–Kier alpha value is -2.83. The van der Waals surface area contributed by atoms with Crippen LogP contribution < -0.4 is 5.32 Å². The molecule has 3 aromatic rings. The molecule has 2 N–H and O–H groups in total. The predicted octanol–water partition coefficient (Wildman–Crippen LogP) is 4.55. The Balaban J connectivity index is 1.70. The average molecular weight is 415 g/mol. The van der Waals surface area contributed by atoms with Crippen LogP contribution in [0, 0.1) is 5.82 Å². The highest BCUT2D eigenvalue weighted by Gasteiger charge is 2.39. The number of hydrogen-bond donors (Lipinski definition) is 2. The van der Waals surface area contributed by atoms with Gasteiger partial charge in [-0.2, -0.15) is 0 Å². The number of carbonyl (C=O) groups is 1. The van der Waals surface area contributed by atoms with Crippen molar-refractivity contribution in [2.45, 2.75) is 12.0 Å². The summed E-state index contributed by atoms with van der Waals surface area (Å²) in [5.41, 5.74) is 1.83. The van der Waals surface area contributed by atoms with E-state index in [1.54, 1.807) is 35.9 Å². The molecule has 2 aromatic carbocycles. The predicted molar refractivity (Wildman–Crippen MR) is 111 cm³/mol. The van der Waals surface area contributed by atoms with Crippen LogP contribution in [0.1, 0.15) is 28.0 Å². The highest BCUT2D eigenvalue weighted by molar-refractivity contribution is 6.35. The molecule has 1 aliphatic heterocycles. The van der Waals surface area contributed by atoms with Crippen molar-refractivity contribution in [3.63, 3.8) is 0 Å². The highest BCUT2D eigenvalue weighted by atomic mass is 35.5. The van der Waals surface area contributed by atoms with Crippen molar-refractivity contribution in [3.05, 3.63) is 76.7 Å². The standard InChI is InChI=1S/C22H20ClFN2O3/c1-13(27)14-3-5-15(6-4-14)22(9-10-29-12-22)25-21(28)19-11-16-18(26(19)2)8-7-17(24)20(16)23/h3-8,11,27H,1,9-10,12H2,2H3,(H,25,28). The molecule has 7 heteroatoms. The van der Waals surface area contributed by atoms with Gasteiger partial charge < -0.3 is 19.7 Å². The number of rotatable bonds is 4. The zero-order valence-corrected chi connectivity index (χ0v) is 16.6. The first kappa shape index (κ1) is 19.5. The lowest BCUT2D eigenvalue weighted by atomic mass is 9.88. The molecule has 0 saturated carbocycles. The van der Waals surface area contributed by atoms with Gasteiger partial charge in [-0.25, -0.2) is 4.39 Å². The van der Waals surface area contributed by atoms with Crippen LogP contribution in [0.25, 0.3) is 16.7 Å². The van der Waals surface area contributed by atoms with Gasteiger partial charge in [-0.05, 0) is 23.8 Å². The first-order valence-corrected chi connectivity index (χ1v) is 9.53. The Morgan fingerprint density at radius 2 is 2.03 bits per heavy atom.